The van der Waals surface area contributed by atoms with Crippen molar-refractivity contribution in [2.75, 3.05) is 19.0 Å². The number of thiophene rings is 1. The molecule has 1 aliphatic heterocycles. The van der Waals surface area contributed by atoms with Crippen LogP contribution in [0.5, 0.6) is 0 Å². The zero-order chi connectivity index (χ0) is 20.6. The summed E-state index contributed by atoms with van der Waals surface area (Å²) < 4.78 is 0. The average Bonchev–Trinajstić information content (AvgIpc) is 3.47. The summed E-state index contributed by atoms with van der Waals surface area (Å²) in [6.07, 6.45) is 2.80. The van der Waals surface area contributed by atoms with E-state index in [1.165, 1.54) is 10.4 Å². The van der Waals surface area contributed by atoms with Gasteiger partial charge in [-0.25, -0.2) is 0 Å². The third-order valence-electron chi connectivity index (χ3n) is 5.87. The summed E-state index contributed by atoms with van der Waals surface area (Å²) >= 11 is 7.81. The first kappa shape index (κ1) is 20.4. The minimum Gasteiger partial charge on any atom is -0.330 e. The van der Waals surface area contributed by atoms with E-state index in [4.69, 9.17) is 11.6 Å². The monoisotopic (exact) mass is 430 g/mol. The highest BCUT2D eigenvalue weighted by Gasteiger charge is 2.42. The summed E-state index contributed by atoms with van der Waals surface area (Å²) in [5.74, 6) is 0.242. The summed E-state index contributed by atoms with van der Waals surface area (Å²) in [6, 6.07) is 12.4. The van der Waals surface area contributed by atoms with Crippen LogP contribution in [0.15, 0.2) is 41.8 Å². The van der Waals surface area contributed by atoms with Crippen molar-refractivity contribution < 1.29 is 9.59 Å². The predicted molar refractivity (Wildman–Crippen MR) is 117 cm³/mol. The summed E-state index contributed by atoms with van der Waals surface area (Å²) in [6.45, 7) is 4.52. The molecule has 1 fully saturated rings. The van der Waals surface area contributed by atoms with E-state index in [2.05, 4.69) is 23.6 Å². The second kappa shape index (κ2) is 8.11. The lowest BCUT2D eigenvalue weighted by molar-refractivity contribution is -0.146. The van der Waals surface area contributed by atoms with Crippen LogP contribution >= 0.6 is 22.9 Å². The number of fused-ring (bicyclic) bond motifs is 1. The Balaban J connectivity index is 1.60. The SMILES string of the molecule is CC(C)(CCl)C(=O)N(CC(=O)N1CCc2sccc2C1c1ccccc1)C1CC1. The average molecular weight is 431 g/mol. The van der Waals surface area contributed by atoms with Crippen molar-refractivity contribution >= 4 is 34.8 Å². The predicted octanol–water partition coefficient (Wildman–Crippen LogP) is 4.48. The number of halogens is 1. The van der Waals surface area contributed by atoms with Crippen LogP contribution in [0.1, 0.15) is 48.7 Å². The fourth-order valence-corrected chi connectivity index (χ4v) is 5.03. The van der Waals surface area contributed by atoms with Gasteiger partial charge in [0.2, 0.25) is 11.8 Å². The first-order valence-corrected chi connectivity index (χ1v) is 11.6. The summed E-state index contributed by atoms with van der Waals surface area (Å²) in [4.78, 5) is 31.6. The minimum atomic E-state index is -0.661. The first-order chi connectivity index (χ1) is 13.9. The van der Waals surface area contributed by atoms with Crippen LogP contribution in [-0.2, 0) is 16.0 Å². The highest BCUT2D eigenvalue weighted by Crippen LogP contribution is 2.38. The summed E-state index contributed by atoms with van der Waals surface area (Å²) in [5, 5.41) is 2.11. The molecule has 2 aliphatic rings. The molecule has 0 N–H and O–H groups in total. The van der Waals surface area contributed by atoms with Gasteiger partial charge in [0.25, 0.3) is 0 Å². The quantitative estimate of drug-likeness (QED) is 0.634. The topological polar surface area (TPSA) is 40.6 Å². The third-order valence-corrected chi connectivity index (χ3v) is 7.53. The molecule has 4 nitrogen and oxygen atoms in total. The smallest absolute Gasteiger partial charge is 0.243 e. The summed E-state index contributed by atoms with van der Waals surface area (Å²) in [7, 11) is 0. The van der Waals surface area contributed by atoms with Crippen LogP contribution in [0.25, 0.3) is 0 Å². The Kier molecular flexibility index (Phi) is 5.71. The molecule has 0 saturated heterocycles. The van der Waals surface area contributed by atoms with Crippen molar-refractivity contribution in [1.82, 2.24) is 9.80 Å². The standard InChI is InChI=1S/C23H27ClN2O2S/c1-23(2,15-24)22(28)26(17-8-9-17)14-20(27)25-12-10-19-18(11-13-29-19)21(25)16-6-4-3-5-7-16/h3-7,11,13,17,21H,8-10,12,14-15H2,1-2H3. The largest absolute Gasteiger partial charge is 0.330 e. The number of nitrogens with zero attached hydrogens (tertiary/aromatic N) is 2. The number of benzene rings is 1. The molecule has 1 atom stereocenters. The van der Waals surface area contributed by atoms with Crippen molar-refractivity contribution in [3.63, 3.8) is 0 Å². The molecule has 2 amide bonds. The van der Waals surface area contributed by atoms with Crippen LogP contribution in [-0.4, -0.2) is 46.6 Å². The van der Waals surface area contributed by atoms with E-state index < -0.39 is 5.41 Å². The molecule has 1 aromatic heterocycles. The lowest BCUT2D eigenvalue weighted by Crippen LogP contribution is -2.50. The highest BCUT2D eigenvalue weighted by molar-refractivity contribution is 7.10. The Morgan fingerprint density at radius 1 is 1.21 bits per heavy atom. The van der Waals surface area contributed by atoms with Crippen molar-refractivity contribution in [3.05, 3.63) is 57.8 Å². The van der Waals surface area contributed by atoms with Crippen molar-refractivity contribution in [2.24, 2.45) is 5.41 Å². The molecule has 154 valence electrons. The molecule has 0 bridgehead atoms. The van der Waals surface area contributed by atoms with Gasteiger partial charge in [-0.2, -0.15) is 0 Å². The molecular formula is C23H27ClN2O2S. The molecule has 4 rings (SSSR count). The van der Waals surface area contributed by atoms with Crippen molar-refractivity contribution in [1.29, 1.82) is 0 Å². The van der Waals surface area contributed by atoms with E-state index in [0.29, 0.717) is 6.54 Å². The molecular weight excluding hydrogens is 404 g/mol. The Morgan fingerprint density at radius 2 is 1.93 bits per heavy atom. The van der Waals surface area contributed by atoms with Gasteiger partial charge in [-0.15, -0.1) is 22.9 Å². The zero-order valence-corrected chi connectivity index (χ0v) is 18.5. The van der Waals surface area contributed by atoms with Gasteiger partial charge in [-0.05, 0) is 55.7 Å². The molecule has 0 spiro atoms. The fraction of sp³-hybridized carbons (Fsp3) is 0.478. The van der Waals surface area contributed by atoms with Crippen molar-refractivity contribution in [2.45, 2.75) is 45.2 Å². The Bertz CT molecular complexity index is 891. The van der Waals surface area contributed by atoms with Gasteiger partial charge in [0, 0.05) is 23.3 Å². The van der Waals surface area contributed by atoms with Gasteiger partial charge < -0.3 is 9.80 Å². The van der Waals surface area contributed by atoms with Crippen LogP contribution in [0.4, 0.5) is 0 Å². The van der Waals surface area contributed by atoms with E-state index >= 15 is 0 Å². The molecule has 2 heterocycles. The van der Waals surface area contributed by atoms with Gasteiger partial charge in [0.05, 0.1) is 11.5 Å². The van der Waals surface area contributed by atoms with Gasteiger partial charge >= 0.3 is 0 Å². The second-order valence-corrected chi connectivity index (χ2v) is 9.90. The van der Waals surface area contributed by atoms with E-state index in [0.717, 1.165) is 24.8 Å². The second-order valence-electron chi connectivity index (χ2n) is 8.63. The number of hydrogen-bond donors (Lipinski definition) is 0. The molecule has 1 aliphatic carbocycles. The van der Waals surface area contributed by atoms with Gasteiger partial charge in [0.15, 0.2) is 0 Å². The molecule has 0 radical (unpaired) electrons. The lowest BCUT2D eigenvalue weighted by atomic mass is 9.92. The number of alkyl halides is 1. The first-order valence-electron chi connectivity index (χ1n) is 10.2. The van der Waals surface area contributed by atoms with Gasteiger partial charge in [-0.3, -0.25) is 9.59 Å². The Labute approximate surface area is 181 Å². The van der Waals surface area contributed by atoms with Crippen LogP contribution in [0.3, 0.4) is 0 Å². The van der Waals surface area contributed by atoms with Crippen LogP contribution < -0.4 is 0 Å². The molecule has 1 aromatic carbocycles. The maximum absolute atomic E-state index is 13.5. The van der Waals surface area contributed by atoms with Crippen LogP contribution in [0.2, 0.25) is 0 Å². The van der Waals surface area contributed by atoms with E-state index in [1.54, 1.807) is 16.2 Å². The Hall–Kier alpha value is -1.85. The lowest BCUT2D eigenvalue weighted by Gasteiger charge is -2.38. The Morgan fingerprint density at radius 3 is 2.59 bits per heavy atom. The van der Waals surface area contributed by atoms with E-state index in [-0.39, 0.29) is 36.3 Å². The summed E-state index contributed by atoms with van der Waals surface area (Å²) in [5.41, 5.74) is 1.67. The number of hydrogen-bond acceptors (Lipinski definition) is 3. The minimum absolute atomic E-state index is 0.0151. The van der Waals surface area contributed by atoms with Gasteiger partial charge in [0.1, 0.15) is 6.54 Å². The normalized spacial score (nSPS) is 19.0. The molecule has 1 unspecified atom stereocenters. The van der Waals surface area contributed by atoms with E-state index in [1.807, 2.05) is 36.9 Å². The molecule has 2 aromatic rings. The molecule has 29 heavy (non-hydrogen) atoms. The van der Waals surface area contributed by atoms with Gasteiger partial charge in [-0.1, -0.05) is 30.3 Å². The number of rotatable bonds is 6. The van der Waals surface area contributed by atoms with E-state index in [9.17, 15) is 9.59 Å². The number of carbonyl (C=O) groups excluding carboxylic acids is 2. The van der Waals surface area contributed by atoms with Crippen molar-refractivity contribution in [3.8, 4) is 0 Å². The number of carbonyl (C=O) groups is 2. The highest BCUT2D eigenvalue weighted by atomic mass is 35.5. The maximum Gasteiger partial charge on any atom is 0.243 e. The fourth-order valence-electron chi connectivity index (χ4n) is 4.02. The van der Waals surface area contributed by atoms with Crippen LogP contribution in [0, 0.1) is 5.41 Å². The maximum atomic E-state index is 13.5. The third kappa shape index (κ3) is 4.08. The molecule has 6 heteroatoms. The zero-order valence-electron chi connectivity index (χ0n) is 16.9. The number of amides is 2. The molecule has 1 saturated carbocycles.